The van der Waals surface area contributed by atoms with Gasteiger partial charge in [0, 0.05) is 6.07 Å². The number of carbonyl (C=O) groups is 2. The predicted molar refractivity (Wildman–Crippen MR) is 101 cm³/mol. The molecule has 10 heteroatoms. The highest BCUT2D eigenvalue weighted by Crippen LogP contribution is 2.28. The third-order valence-corrected chi connectivity index (χ3v) is 3.74. The molecule has 2 aromatic carbocycles. The number of carbonyl (C=O) groups excluding carboxylic acids is 2. The van der Waals surface area contributed by atoms with Crippen LogP contribution in [0.4, 0.5) is 18.9 Å². The maximum atomic E-state index is 12.1. The van der Waals surface area contributed by atoms with E-state index in [4.69, 9.17) is 14.2 Å². The lowest BCUT2D eigenvalue weighted by atomic mass is 10.1. The van der Waals surface area contributed by atoms with Crippen LogP contribution in [-0.2, 0) is 20.9 Å². The maximum Gasteiger partial charge on any atom is 0.411 e. The summed E-state index contributed by atoms with van der Waals surface area (Å²) in [7, 11) is 2.93. The fourth-order valence-corrected chi connectivity index (χ4v) is 2.32. The van der Waals surface area contributed by atoms with E-state index >= 15 is 0 Å². The Morgan fingerprint density at radius 3 is 2.30 bits per heavy atom. The van der Waals surface area contributed by atoms with Crippen LogP contribution in [0.5, 0.6) is 11.5 Å². The van der Waals surface area contributed by atoms with Crippen molar-refractivity contribution < 1.29 is 41.7 Å². The molecule has 0 aromatic heterocycles. The molecule has 1 N–H and O–H groups in total. The number of hydrogen-bond donors (Lipinski definition) is 1. The van der Waals surface area contributed by atoms with Crippen molar-refractivity contribution in [3.8, 4) is 11.5 Å². The Labute approximate surface area is 170 Å². The molecule has 0 radical (unpaired) electrons. The van der Waals surface area contributed by atoms with Crippen LogP contribution < -0.4 is 14.8 Å². The van der Waals surface area contributed by atoms with E-state index in [9.17, 15) is 22.8 Å². The van der Waals surface area contributed by atoms with E-state index in [1.54, 1.807) is 18.2 Å². The van der Waals surface area contributed by atoms with E-state index in [-0.39, 0.29) is 12.2 Å². The zero-order valence-corrected chi connectivity index (χ0v) is 16.2. The summed E-state index contributed by atoms with van der Waals surface area (Å²) >= 11 is 0. The topological polar surface area (TPSA) is 83.1 Å². The number of alkyl halides is 3. The van der Waals surface area contributed by atoms with Gasteiger partial charge >= 0.3 is 12.1 Å². The Bertz CT molecular complexity index is 868. The van der Waals surface area contributed by atoms with Crippen LogP contribution >= 0.6 is 0 Å². The van der Waals surface area contributed by atoms with Gasteiger partial charge in [0.2, 0.25) is 0 Å². The second kappa shape index (κ2) is 10.5. The molecule has 0 saturated carbocycles. The van der Waals surface area contributed by atoms with E-state index in [0.717, 1.165) is 0 Å². The minimum Gasteiger partial charge on any atom is -0.497 e. The monoisotopic (exact) mass is 427 g/mol. The Hall–Kier alpha value is -3.27. The summed E-state index contributed by atoms with van der Waals surface area (Å²) in [6.45, 7) is -2.14. The van der Waals surface area contributed by atoms with Crippen LogP contribution in [0.2, 0.25) is 0 Å². The van der Waals surface area contributed by atoms with Gasteiger partial charge in [0.05, 0.1) is 32.1 Å². The highest BCUT2D eigenvalue weighted by atomic mass is 19.4. The van der Waals surface area contributed by atoms with E-state index in [0.29, 0.717) is 22.7 Å². The highest BCUT2D eigenvalue weighted by molar-refractivity contribution is 5.96. The average molecular weight is 427 g/mol. The lowest BCUT2D eigenvalue weighted by Crippen LogP contribution is -2.21. The molecular formula is C20H20F3NO6. The first kappa shape index (κ1) is 23.0. The number of benzene rings is 2. The van der Waals surface area contributed by atoms with Crippen molar-refractivity contribution >= 4 is 17.6 Å². The number of methoxy groups -OCH3 is 2. The Kier molecular flexibility index (Phi) is 8.05. The molecule has 0 bridgehead atoms. The fraction of sp³-hybridized carbons (Fsp3) is 0.300. The molecule has 0 fully saturated rings. The molecule has 0 unspecified atom stereocenters. The van der Waals surface area contributed by atoms with Crippen LogP contribution in [-0.4, -0.2) is 45.5 Å². The molecule has 0 atom stereocenters. The van der Waals surface area contributed by atoms with Crippen molar-refractivity contribution in [2.24, 2.45) is 0 Å². The summed E-state index contributed by atoms with van der Waals surface area (Å²) in [4.78, 5) is 24.1. The number of hydrogen-bond acceptors (Lipinski definition) is 6. The lowest BCUT2D eigenvalue weighted by molar-refractivity contribution is -0.176. The van der Waals surface area contributed by atoms with Gasteiger partial charge in [-0.1, -0.05) is 12.1 Å². The first-order valence-electron chi connectivity index (χ1n) is 8.64. The molecule has 0 heterocycles. The van der Waals surface area contributed by atoms with Crippen LogP contribution in [0, 0.1) is 0 Å². The Balaban J connectivity index is 1.84. The smallest absolute Gasteiger partial charge is 0.411 e. The summed E-state index contributed by atoms with van der Waals surface area (Å²) < 4.78 is 55.9. The summed E-state index contributed by atoms with van der Waals surface area (Å²) in [5.74, 6) is -0.417. The minimum atomic E-state index is -4.40. The Morgan fingerprint density at radius 2 is 1.70 bits per heavy atom. The number of anilines is 1. The van der Waals surface area contributed by atoms with Crippen molar-refractivity contribution in [2.75, 3.05) is 32.8 Å². The number of ether oxygens (including phenoxy) is 4. The number of halogens is 3. The average Bonchev–Trinajstić information content (AvgIpc) is 2.72. The molecule has 2 rings (SSSR count). The van der Waals surface area contributed by atoms with Crippen LogP contribution in [0.3, 0.4) is 0 Å². The quantitative estimate of drug-likeness (QED) is 0.616. The molecule has 0 aliphatic rings. The van der Waals surface area contributed by atoms with Gasteiger partial charge in [-0.15, -0.1) is 0 Å². The molecule has 2 aromatic rings. The summed E-state index contributed by atoms with van der Waals surface area (Å²) in [6.07, 6.45) is -4.40. The van der Waals surface area contributed by atoms with Crippen molar-refractivity contribution in [1.29, 1.82) is 0 Å². The number of nitrogens with one attached hydrogen (secondary N) is 1. The lowest BCUT2D eigenvalue weighted by Gasteiger charge is -2.12. The molecule has 7 nitrogen and oxygen atoms in total. The van der Waals surface area contributed by atoms with Gasteiger partial charge in [0.15, 0.2) is 6.61 Å². The van der Waals surface area contributed by atoms with Gasteiger partial charge in [-0.25, -0.2) is 4.79 Å². The molecule has 0 saturated heterocycles. The molecule has 1 amide bonds. The second-order valence-electron chi connectivity index (χ2n) is 6.00. The zero-order valence-electron chi connectivity index (χ0n) is 16.2. The van der Waals surface area contributed by atoms with Gasteiger partial charge in [0.25, 0.3) is 5.91 Å². The van der Waals surface area contributed by atoms with Gasteiger partial charge < -0.3 is 24.3 Å². The molecule has 0 aliphatic carbocycles. The summed E-state index contributed by atoms with van der Waals surface area (Å²) in [5, 5.41) is 2.56. The molecule has 162 valence electrons. The first-order valence-corrected chi connectivity index (χ1v) is 8.64. The summed E-state index contributed by atoms with van der Waals surface area (Å²) in [6, 6.07) is 10.4. The third-order valence-electron chi connectivity index (χ3n) is 3.74. The zero-order chi connectivity index (χ0) is 22.1. The maximum absolute atomic E-state index is 12.1. The second-order valence-corrected chi connectivity index (χ2v) is 6.00. The van der Waals surface area contributed by atoms with Gasteiger partial charge in [-0.2, -0.15) is 13.2 Å². The van der Waals surface area contributed by atoms with Crippen molar-refractivity contribution in [3.63, 3.8) is 0 Å². The van der Waals surface area contributed by atoms with Crippen molar-refractivity contribution in [1.82, 2.24) is 0 Å². The molecule has 0 spiro atoms. The van der Waals surface area contributed by atoms with Crippen molar-refractivity contribution in [3.05, 3.63) is 53.6 Å². The number of esters is 1. The van der Waals surface area contributed by atoms with E-state index < -0.39 is 31.3 Å². The molecular weight excluding hydrogens is 407 g/mol. The van der Waals surface area contributed by atoms with Crippen LogP contribution in [0.25, 0.3) is 0 Å². The first-order chi connectivity index (χ1) is 14.2. The van der Waals surface area contributed by atoms with Gasteiger partial charge in [0.1, 0.15) is 18.1 Å². The van der Waals surface area contributed by atoms with Crippen LogP contribution in [0.15, 0.2) is 42.5 Å². The van der Waals surface area contributed by atoms with E-state index in [1.165, 1.54) is 38.5 Å². The van der Waals surface area contributed by atoms with Gasteiger partial charge in [-0.05, 0) is 29.8 Å². The predicted octanol–water partition coefficient (Wildman–Crippen LogP) is 3.58. The van der Waals surface area contributed by atoms with Crippen LogP contribution in [0.1, 0.15) is 15.9 Å². The number of rotatable bonds is 9. The largest absolute Gasteiger partial charge is 0.497 e. The van der Waals surface area contributed by atoms with Crippen molar-refractivity contribution in [2.45, 2.75) is 12.8 Å². The van der Waals surface area contributed by atoms with E-state index in [2.05, 4.69) is 10.1 Å². The Morgan fingerprint density at radius 1 is 1.00 bits per heavy atom. The fourth-order valence-electron chi connectivity index (χ4n) is 2.32. The highest BCUT2D eigenvalue weighted by Gasteiger charge is 2.27. The normalized spacial score (nSPS) is 11.0. The van der Waals surface area contributed by atoms with Gasteiger partial charge in [-0.3, -0.25) is 4.79 Å². The van der Waals surface area contributed by atoms with E-state index in [1.807, 2.05) is 0 Å². The minimum absolute atomic E-state index is 0.143. The summed E-state index contributed by atoms with van der Waals surface area (Å²) in [5.41, 5.74) is 0.979. The standard InChI is InChI=1S/C20H20F3NO6/c1-27-15-7-8-16(17(9-15)28-2)24-18(25)11-30-19(26)14-5-3-13(4-6-14)10-29-12-20(21,22)23/h3-9H,10-12H2,1-2H3,(H,24,25). The molecule has 30 heavy (non-hydrogen) atoms. The molecule has 0 aliphatic heterocycles. The number of amides is 1. The SMILES string of the molecule is COc1ccc(NC(=O)COC(=O)c2ccc(COCC(F)(F)F)cc2)c(OC)c1. The third kappa shape index (κ3) is 7.28.